The lowest BCUT2D eigenvalue weighted by Gasteiger charge is -2.17. The molecule has 0 spiro atoms. The molecule has 1 aliphatic rings. The van der Waals surface area contributed by atoms with E-state index in [0.717, 1.165) is 37.2 Å². The van der Waals surface area contributed by atoms with E-state index in [9.17, 15) is 4.79 Å². The third-order valence-corrected chi connectivity index (χ3v) is 3.90. The summed E-state index contributed by atoms with van der Waals surface area (Å²) >= 11 is 0. The first-order chi connectivity index (χ1) is 10.2. The number of carbonyl (C=O) groups is 1. The number of hydrogen-bond acceptors (Lipinski definition) is 3. The van der Waals surface area contributed by atoms with E-state index in [1.807, 2.05) is 23.9 Å². The lowest BCUT2D eigenvalue weighted by atomic mass is 10.1. The van der Waals surface area contributed by atoms with E-state index >= 15 is 0 Å². The summed E-state index contributed by atoms with van der Waals surface area (Å²) in [6, 6.07) is 1.81. The topological polar surface area (TPSA) is 75.6 Å². The Kier molecular flexibility index (Phi) is 3.77. The summed E-state index contributed by atoms with van der Waals surface area (Å²) in [4.78, 5) is 16.8. The average molecular weight is 287 g/mol. The quantitative estimate of drug-likeness (QED) is 0.853. The monoisotopic (exact) mass is 287 g/mol. The van der Waals surface area contributed by atoms with Gasteiger partial charge in [-0.15, -0.1) is 0 Å². The molecule has 2 N–H and O–H groups in total. The fourth-order valence-corrected chi connectivity index (χ4v) is 2.59. The summed E-state index contributed by atoms with van der Waals surface area (Å²) in [7, 11) is 1.96. The number of aromatic amines is 1. The maximum Gasteiger partial charge on any atom is 0.272 e. The molecule has 1 saturated carbocycles. The minimum absolute atomic E-state index is 0.0242. The number of imidazole rings is 1. The van der Waals surface area contributed by atoms with Crippen LogP contribution in [0.3, 0.4) is 0 Å². The van der Waals surface area contributed by atoms with Crippen molar-refractivity contribution in [2.24, 2.45) is 13.0 Å². The highest BCUT2D eigenvalue weighted by Crippen LogP contribution is 2.40. The van der Waals surface area contributed by atoms with Crippen LogP contribution in [0.4, 0.5) is 0 Å². The van der Waals surface area contributed by atoms with Gasteiger partial charge in [-0.1, -0.05) is 13.3 Å². The first-order valence-electron chi connectivity index (χ1n) is 7.51. The van der Waals surface area contributed by atoms with Crippen molar-refractivity contribution in [3.05, 3.63) is 35.7 Å². The molecule has 1 amide bonds. The zero-order chi connectivity index (χ0) is 14.8. The van der Waals surface area contributed by atoms with E-state index in [1.165, 1.54) is 0 Å². The Balaban J connectivity index is 1.73. The maximum atomic E-state index is 12.4. The summed E-state index contributed by atoms with van der Waals surface area (Å²) in [5.74, 6) is 1.27. The number of aromatic nitrogens is 4. The SMILES string of the molecule is CCCc1cc(C(=O)N[C@H](c2nccn2C)C2CC2)n[nH]1. The van der Waals surface area contributed by atoms with Gasteiger partial charge in [0.15, 0.2) is 0 Å². The molecule has 112 valence electrons. The molecular weight excluding hydrogens is 266 g/mol. The molecule has 6 nitrogen and oxygen atoms in total. The van der Waals surface area contributed by atoms with Crippen molar-refractivity contribution in [3.8, 4) is 0 Å². The smallest absolute Gasteiger partial charge is 0.272 e. The van der Waals surface area contributed by atoms with Crippen LogP contribution in [0.15, 0.2) is 18.5 Å². The molecule has 0 bridgehead atoms. The molecule has 6 heteroatoms. The largest absolute Gasteiger partial charge is 0.340 e. The van der Waals surface area contributed by atoms with Gasteiger partial charge in [-0.05, 0) is 31.2 Å². The predicted molar refractivity (Wildman–Crippen MR) is 78.7 cm³/mol. The molecule has 0 saturated heterocycles. The van der Waals surface area contributed by atoms with Crippen LogP contribution in [0.1, 0.15) is 54.2 Å². The van der Waals surface area contributed by atoms with Gasteiger partial charge in [-0.2, -0.15) is 5.10 Å². The summed E-state index contributed by atoms with van der Waals surface area (Å²) in [6.07, 6.45) is 7.89. The zero-order valence-corrected chi connectivity index (χ0v) is 12.5. The van der Waals surface area contributed by atoms with Gasteiger partial charge in [0.05, 0.1) is 6.04 Å². The molecular formula is C15H21N5O. The van der Waals surface area contributed by atoms with Crippen LogP contribution < -0.4 is 5.32 Å². The predicted octanol–water partition coefficient (Wildman–Crippen LogP) is 1.98. The molecule has 1 aliphatic carbocycles. The Morgan fingerprint density at radius 1 is 1.57 bits per heavy atom. The Morgan fingerprint density at radius 3 is 3.00 bits per heavy atom. The van der Waals surface area contributed by atoms with Crippen LogP contribution >= 0.6 is 0 Å². The lowest BCUT2D eigenvalue weighted by Crippen LogP contribution is -2.31. The standard InChI is InChI=1S/C15H21N5O/c1-3-4-11-9-12(19-18-11)15(21)17-13(10-5-6-10)14-16-7-8-20(14)2/h7-10,13H,3-6H2,1-2H3,(H,17,21)(H,18,19)/t13-/m0/s1. The Bertz CT molecular complexity index is 626. The summed E-state index contributed by atoms with van der Waals surface area (Å²) in [5, 5.41) is 10.1. The molecule has 0 aliphatic heterocycles. The highest BCUT2D eigenvalue weighted by atomic mass is 16.2. The number of nitrogens with one attached hydrogen (secondary N) is 2. The van der Waals surface area contributed by atoms with Crippen LogP contribution in [0.5, 0.6) is 0 Å². The van der Waals surface area contributed by atoms with Crippen LogP contribution in [0, 0.1) is 5.92 Å². The Hall–Kier alpha value is -2.11. The van der Waals surface area contributed by atoms with Crippen LogP contribution in [-0.2, 0) is 13.5 Å². The molecule has 2 aromatic rings. The minimum atomic E-state index is -0.131. The molecule has 2 aromatic heterocycles. The van der Waals surface area contributed by atoms with E-state index in [1.54, 1.807) is 6.20 Å². The van der Waals surface area contributed by atoms with E-state index < -0.39 is 0 Å². The minimum Gasteiger partial charge on any atom is -0.340 e. The van der Waals surface area contributed by atoms with Crippen molar-refractivity contribution in [2.75, 3.05) is 0 Å². The highest BCUT2D eigenvalue weighted by molar-refractivity contribution is 5.92. The highest BCUT2D eigenvalue weighted by Gasteiger charge is 2.36. The van der Waals surface area contributed by atoms with Crippen molar-refractivity contribution in [3.63, 3.8) is 0 Å². The van der Waals surface area contributed by atoms with Gasteiger partial charge in [-0.25, -0.2) is 4.98 Å². The second-order valence-corrected chi connectivity index (χ2v) is 5.71. The number of amides is 1. The summed E-state index contributed by atoms with van der Waals surface area (Å²) in [5.41, 5.74) is 1.46. The van der Waals surface area contributed by atoms with E-state index in [-0.39, 0.29) is 11.9 Å². The fourth-order valence-electron chi connectivity index (χ4n) is 2.59. The first-order valence-corrected chi connectivity index (χ1v) is 7.51. The third-order valence-electron chi connectivity index (χ3n) is 3.90. The van der Waals surface area contributed by atoms with Crippen molar-refractivity contribution < 1.29 is 4.79 Å². The zero-order valence-electron chi connectivity index (χ0n) is 12.5. The molecule has 21 heavy (non-hydrogen) atoms. The molecule has 0 unspecified atom stereocenters. The van der Waals surface area contributed by atoms with Crippen molar-refractivity contribution in [1.29, 1.82) is 0 Å². The molecule has 0 aromatic carbocycles. The number of hydrogen-bond donors (Lipinski definition) is 2. The van der Waals surface area contributed by atoms with Crippen LogP contribution in [0.2, 0.25) is 0 Å². The molecule has 3 rings (SSSR count). The summed E-state index contributed by atoms with van der Waals surface area (Å²) in [6.45, 7) is 2.10. The fraction of sp³-hybridized carbons (Fsp3) is 0.533. The van der Waals surface area contributed by atoms with Gasteiger partial charge in [0.25, 0.3) is 5.91 Å². The van der Waals surface area contributed by atoms with Gasteiger partial charge in [-0.3, -0.25) is 9.89 Å². The van der Waals surface area contributed by atoms with E-state index in [4.69, 9.17) is 0 Å². The molecule has 1 atom stereocenters. The van der Waals surface area contributed by atoms with Crippen molar-refractivity contribution in [1.82, 2.24) is 25.1 Å². The van der Waals surface area contributed by atoms with Gasteiger partial charge >= 0.3 is 0 Å². The normalized spacial score (nSPS) is 15.9. The lowest BCUT2D eigenvalue weighted by molar-refractivity contribution is 0.0924. The molecule has 1 fully saturated rings. The third kappa shape index (κ3) is 2.99. The molecule has 2 heterocycles. The second kappa shape index (κ2) is 5.71. The molecule has 0 radical (unpaired) electrons. The van der Waals surface area contributed by atoms with Gasteiger partial charge < -0.3 is 9.88 Å². The average Bonchev–Trinajstić information content (AvgIpc) is 3.05. The Labute approximate surface area is 124 Å². The second-order valence-electron chi connectivity index (χ2n) is 5.71. The van der Waals surface area contributed by atoms with Crippen molar-refractivity contribution >= 4 is 5.91 Å². The van der Waals surface area contributed by atoms with Crippen LogP contribution in [-0.4, -0.2) is 25.7 Å². The van der Waals surface area contributed by atoms with Crippen LogP contribution in [0.25, 0.3) is 0 Å². The maximum absolute atomic E-state index is 12.4. The van der Waals surface area contributed by atoms with Gasteiger partial charge in [0, 0.05) is 25.1 Å². The number of aryl methyl sites for hydroxylation is 2. The number of carbonyl (C=O) groups excluding carboxylic acids is 1. The summed E-state index contributed by atoms with van der Waals surface area (Å²) < 4.78 is 1.97. The number of rotatable bonds is 6. The Morgan fingerprint density at radius 2 is 2.38 bits per heavy atom. The van der Waals surface area contributed by atoms with Crippen molar-refractivity contribution in [2.45, 2.75) is 38.6 Å². The first kappa shape index (κ1) is 13.9. The van der Waals surface area contributed by atoms with E-state index in [2.05, 4.69) is 27.4 Å². The van der Waals surface area contributed by atoms with Gasteiger partial charge in [0.2, 0.25) is 0 Å². The van der Waals surface area contributed by atoms with Gasteiger partial charge in [0.1, 0.15) is 11.5 Å². The van der Waals surface area contributed by atoms with E-state index in [0.29, 0.717) is 11.6 Å². The number of nitrogens with zero attached hydrogens (tertiary/aromatic N) is 3. The number of H-pyrrole nitrogens is 1.